The first-order chi connectivity index (χ1) is 15.8. The summed E-state index contributed by atoms with van der Waals surface area (Å²) in [6.45, 7) is 5.16. The first-order valence-electron chi connectivity index (χ1n) is 11.1. The van der Waals surface area contributed by atoms with Gasteiger partial charge in [0.15, 0.2) is 0 Å². The summed E-state index contributed by atoms with van der Waals surface area (Å²) < 4.78 is 27.1. The van der Waals surface area contributed by atoms with E-state index in [-0.39, 0.29) is 17.2 Å². The van der Waals surface area contributed by atoms with Crippen LogP contribution in [0.3, 0.4) is 0 Å². The Bertz CT molecular complexity index is 1110. The van der Waals surface area contributed by atoms with Crippen LogP contribution < -0.4 is 5.32 Å². The molecule has 0 spiro atoms. The van der Waals surface area contributed by atoms with E-state index >= 15 is 0 Å². The molecule has 0 radical (unpaired) electrons. The monoisotopic (exact) mass is 488 g/mol. The lowest BCUT2D eigenvalue weighted by molar-refractivity contribution is -0.116. The summed E-state index contributed by atoms with van der Waals surface area (Å²) in [7, 11) is -3.59. The Labute approximate surface area is 201 Å². The summed E-state index contributed by atoms with van der Waals surface area (Å²) in [5.74, 6) is -0.228. The number of hydrogen-bond acceptors (Lipinski definition) is 5. The lowest BCUT2D eigenvalue weighted by Gasteiger charge is -2.22. The number of amides is 1. The molecule has 0 bridgehead atoms. The number of carbonyl (C=O) groups is 1. The minimum Gasteiger partial charge on any atom is -0.325 e. The van der Waals surface area contributed by atoms with Crippen molar-refractivity contribution in [2.45, 2.75) is 44.0 Å². The first-order valence-corrected chi connectivity index (χ1v) is 13.0. The number of rotatable bonds is 10. The fourth-order valence-corrected chi connectivity index (χ4v) is 5.55. The minimum atomic E-state index is -3.59. The highest BCUT2D eigenvalue weighted by Gasteiger charge is 2.27. The zero-order valence-corrected chi connectivity index (χ0v) is 20.3. The van der Waals surface area contributed by atoms with Gasteiger partial charge in [-0.15, -0.1) is 0 Å². The van der Waals surface area contributed by atoms with Crippen LogP contribution in [0, 0.1) is 11.3 Å². The number of benzene rings is 2. The highest BCUT2D eigenvalue weighted by molar-refractivity contribution is 7.89. The molecule has 0 saturated carbocycles. The molecule has 1 N–H and O–H groups in total. The maximum atomic E-state index is 12.8. The molecular formula is C24H29ClN4O3S. The third-order valence-electron chi connectivity index (χ3n) is 5.60. The van der Waals surface area contributed by atoms with E-state index in [2.05, 4.69) is 23.2 Å². The van der Waals surface area contributed by atoms with Crippen molar-refractivity contribution in [1.29, 1.82) is 5.26 Å². The molecule has 0 aliphatic carbocycles. The van der Waals surface area contributed by atoms with Crippen molar-refractivity contribution in [3.8, 4) is 6.07 Å². The van der Waals surface area contributed by atoms with Crippen molar-refractivity contribution in [3.63, 3.8) is 0 Å². The summed E-state index contributed by atoms with van der Waals surface area (Å²) in [5.41, 5.74) is 1.99. The van der Waals surface area contributed by atoms with Crippen molar-refractivity contribution in [2.24, 2.45) is 0 Å². The number of carbonyl (C=O) groups excluding carboxylic acids is 1. The average molecular weight is 489 g/mol. The van der Waals surface area contributed by atoms with Crippen molar-refractivity contribution in [2.75, 3.05) is 31.5 Å². The maximum Gasteiger partial charge on any atom is 0.243 e. The second kappa shape index (κ2) is 11.6. The molecule has 33 heavy (non-hydrogen) atoms. The molecule has 1 aliphatic rings. The van der Waals surface area contributed by atoms with Crippen LogP contribution in [0.15, 0.2) is 47.4 Å². The Morgan fingerprint density at radius 3 is 2.48 bits per heavy atom. The van der Waals surface area contributed by atoms with Crippen LogP contribution in [0.25, 0.3) is 0 Å². The fraction of sp³-hybridized carbons (Fsp3) is 0.417. The summed E-state index contributed by atoms with van der Waals surface area (Å²) in [4.78, 5) is 14.9. The van der Waals surface area contributed by atoms with Crippen LogP contribution in [-0.4, -0.2) is 49.7 Å². The number of hydrogen-bond donors (Lipinski definition) is 1. The van der Waals surface area contributed by atoms with E-state index in [1.165, 1.54) is 22.5 Å². The molecule has 1 amide bonds. The van der Waals surface area contributed by atoms with Gasteiger partial charge in [0, 0.05) is 32.6 Å². The van der Waals surface area contributed by atoms with Gasteiger partial charge in [0.25, 0.3) is 0 Å². The molecule has 1 heterocycles. The van der Waals surface area contributed by atoms with E-state index < -0.39 is 10.0 Å². The molecule has 1 fully saturated rings. The predicted octanol–water partition coefficient (Wildman–Crippen LogP) is 4.24. The van der Waals surface area contributed by atoms with Crippen molar-refractivity contribution in [1.82, 2.24) is 9.21 Å². The van der Waals surface area contributed by atoms with E-state index in [1.54, 1.807) is 12.1 Å². The van der Waals surface area contributed by atoms with Gasteiger partial charge in [-0.3, -0.25) is 9.69 Å². The lowest BCUT2D eigenvalue weighted by atomic mass is 10.1. The van der Waals surface area contributed by atoms with E-state index in [4.69, 9.17) is 16.9 Å². The minimum absolute atomic E-state index is 0.137. The Morgan fingerprint density at radius 2 is 1.85 bits per heavy atom. The van der Waals surface area contributed by atoms with Gasteiger partial charge < -0.3 is 5.32 Å². The molecule has 0 aromatic heterocycles. The standard InChI is InChI=1S/C24H29ClN4O3S/c1-2-12-28(18-20-7-5-19(17-26)6-8-20)15-11-24(30)27-23-16-21(9-10-22(23)25)33(31,32)29-13-3-4-14-29/h5-10,16H,2-4,11-15,18H2,1H3,(H,27,30). The molecule has 1 aliphatic heterocycles. The predicted molar refractivity (Wildman–Crippen MR) is 129 cm³/mol. The van der Waals surface area contributed by atoms with Gasteiger partial charge in [-0.05, 0) is 61.7 Å². The molecule has 7 nitrogen and oxygen atoms in total. The van der Waals surface area contributed by atoms with Crippen LogP contribution in [-0.2, 0) is 21.4 Å². The number of nitrogens with zero attached hydrogens (tertiary/aromatic N) is 3. The molecule has 3 rings (SSSR count). The molecule has 1 saturated heterocycles. The normalized spacial score (nSPS) is 14.4. The Kier molecular flexibility index (Phi) is 8.87. The average Bonchev–Trinajstić information content (AvgIpc) is 3.35. The van der Waals surface area contributed by atoms with Gasteiger partial charge in [0.05, 0.1) is 27.2 Å². The third kappa shape index (κ3) is 6.78. The van der Waals surface area contributed by atoms with Crippen molar-refractivity contribution >= 4 is 33.2 Å². The van der Waals surface area contributed by atoms with Gasteiger partial charge in [-0.25, -0.2) is 8.42 Å². The molecule has 0 unspecified atom stereocenters. The second-order valence-corrected chi connectivity index (χ2v) is 10.5. The quantitative estimate of drug-likeness (QED) is 0.540. The van der Waals surface area contributed by atoms with E-state index in [0.29, 0.717) is 42.5 Å². The molecule has 2 aromatic carbocycles. The fourth-order valence-electron chi connectivity index (χ4n) is 3.84. The summed E-state index contributed by atoms with van der Waals surface area (Å²) in [5, 5.41) is 12.0. The molecule has 9 heteroatoms. The Balaban J connectivity index is 1.62. The SMILES string of the molecule is CCCN(CCC(=O)Nc1cc(S(=O)(=O)N2CCCC2)ccc1Cl)Cc1ccc(C#N)cc1. The zero-order valence-electron chi connectivity index (χ0n) is 18.8. The molecular weight excluding hydrogens is 460 g/mol. The van der Waals surface area contributed by atoms with E-state index in [9.17, 15) is 13.2 Å². The van der Waals surface area contributed by atoms with Gasteiger partial charge in [-0.1, -0.05) is 30.7 Å². The Hall–Kier alpha value is -2.44. The van der Waals surface area contributed by atoms with Gasteiger partial charge in [0.2, 0.25) is 15.9 Å². The maximum absolute atomic E-state index is 12.8. The Morgan fingerprint density at radius 1 is 1.15 bits per heavy atom. The van der Waals surface area contributed by atoms with Crippen LogP contribution in [0.5, 0.6) is 0 Å². The highest BCUT2D eigenvalue weighted by Crippen LogP contribution is 2.28. The number of nitriles is 1. The molecule has 2 aromatic rings. The molecule has 176 valence electrons. The number of nitrogens with one attached hydrogen (secondary N) is 1. The van der Waals surface area contributed by atoms with Crippen molar-refractivity contribution < 1.29 is 13.2 Å². The van der Waals surface area contributed by atoms with E-state index in [0.717, 1.165) is 31.4 Å². The van der Waals surface area contributed by atoms with E-state index in [1.807, 2.05) is 12.1 Å². The summed E-state index contributed by atoms with van der Waals surface area (Å²) >= 11 is 6.24. The first kappa shape index (κ1) is 25.2. The van der Waals surface area contributed by atoms with Crippen molar-refractivity contribution in [3.05, 3.63) is 58.6 Å². The largest absolute Gasteiger partial charge is 0.325 e. The second-order valence-electron chi connectivity index (χ2n) is 8.14. The van der Waals surface area contributed by atoms with Crippen LogP contribution in [0.2, 0.25) is 5.02 Å². The smallest absolute Gasteiger partial charge is 0.243 e. The molecule has 0 atom stereocenters. The lowest BCUT2D eigenvalue weighted by Crippen LogP contribution is -2.29. The summed E-state index contributed by atoms with van der Waals surface area (Å²) in [6.07, 6.45) is 2.90. The third-order valence-corrected chi connectivity index (χ3v) is 7.82. The number of anilines is 1. The summed E-state index contributed by atoms with van der Waals surface area (Å²) in [6, 6.07) is 14.0. The highest BCUT2D eigenvalue weighted by atomic mass is 35.5. The topological polar surface area (TPSA) is 93.5 Å². The van der Waals surface area contributed by atoms with Crippen LogP contribution in [0.4, 0.5) is 5.69 Å². The van der Waals surface area contributed by atoms with Gasteiger partial charge >= 0.3 is 0 Å². The zero-order chi connectivity index (χ0) is 23.8. The van der Waals surface area contributed by atoms with Gasteiger partial charge in [-0.2, -0.15) is 9.57 Å². The van der Waals surface area contributed by atoms with Gasteiger partial charge in [0.1, 0.15) is 0 Å². The van der Waals surface area contributed by atoms with Crippen LogP contribution >= 0.6 is 11.6 Å². The van der Waals surface area contributed by atoms with Crippen LogP contribution in [0.1, 0.15) is 43.7 Å². The number of sulfonamides is 1. The number of halogens is 1.